The Hall–Kier alpha value is -3.30. The van der Waals surface area contributed by atoms with Gasteiger partial charge in [-0.25, -0.2) is 9.18 Å². The second kappa shape index (κ2) is 6.67. The highest BCUT2D eigenvalue weighted by Crippen LogP contribution is 2.16. The normalized spacial score (nSPS) is 11.0. The zero-order valence-electron chi connectivity index (χ0n) is 13.4. The molecule has 10 heteroatoms. The van der Waals surface area contributed by atoms with Crippen molar-refractivity contribution in [2.45, 2.75) is 26.3 Å². The number of carbonyl (C=O) groups is 1. The molecule has 2 aromatic heterocycles. The van der Waals surface area contributed by atoms with Gasteiger partial charge >= 0.3 is 11.8 Å². The van der Waals surface area contributed by atoms with Crippen LogP contribution in [0.5, 0.6) is 0 Å². The molecule has 0 radical (unpaired) electrons. The van der Waals surface area contributed by atoms with Crippen molar-refractivity contribution in [2.24, 2.45) is 0 Å². The first kappa shape index (κ1) is 16.6. The third-order valence-electron chi connectivity index (χ3n) is 3.17. The van der Waals surface area contributed by atoms with E-state index in [4.69, 9.17) is 8.83 Å². The van der Waals surface area contributed by atoms with E-state index < -0.39 is 24.0 Å². The van der Waals surface area contributed by atoms with Crippen LogP contribution in [-0.4, -0.2) is 25.9 Å². The standard InChI is InChI=1S/C15H14FN5O4/c1-8(2)12-18-19-14(24-12)17-11(22)7-21-15(23)25-13(20-21)9-3-5-10(16)6-4-9/h3-6,8H,7H2,1-2H3,(H,17,19,22). The summed E-state index contributed by atoms with van der Waals surface area (Å²) in [6, 6.07) is 5.18. The zero-order chi connectivity index (χ0) is 18.0. The number of nitrogens with one attached hydrogen (secondary N) is 1. The summed E-state index contributed by atoms with van der Waals surface area (Å²) in [5, 5.41) is 13.8. The molecule has 0 saturated carbocycles. The number of hydrogen-bond acceptors (Lipinski definition) is 7. The minimum absolute atomic E-state index is 0.0160. The number of halogens is 1. The zero-order valence-corrected chi connectivity index (χ0v) is 13.4. The molecule has 3 rings (SSSR count). The molecule has 130 valence electrons. The van der Waals surface area contributed by atoms with Crippen LogP contribution in [0.25, 0.3) is 11.5 Å². The van der Waals surface area contributed by atoms with Gasteiger partial charge in [0.15, 0.2) is 0 Å². The molecule has 0 aliphatic heterocycles. The number of hydrogen-bond donors (Lipinski definition) is 1. The summed E-state index contributed by atoms with van der Waals surface area (Å²) < 4.78 is 24.0. The van der Waals surface area contributed by atoms with Crippen molar-refractivity contribution in [1.82, 2.24) is 20.0 Å². The summed E-state index contributed by atoms with van der Waals surface area (Å²) in [6.07, 6.45) is 0. The molecular weight excluding hydrogens is 333 g/mol. The number of anilines is 1. The summed E-state index contributed by atoms with van der Waals surface area (Å²) in [6.45, 7) is 3.33. The first-order valence-electron chi connectivity index (χ1n) is 7.39. The monoisotopic (exact) mass is 347 g/mol. The molecule has 0 spiro atoms. The molecule has 0 unspecified atom stereocenters. The molecule has 0 saturated heterocycles. The van der Waals surface area contributed by atoms with Crippen LogP contribution in [0.2, 0.25) is 0 Å². The van der Waals surface area contributed by atoms with E-state index in [2.05, 4.69) is 20.6 Å². The fraction of sp³-hybridized carbons (Fsp3) is 0.267. The first-order valence-corrected chi connectivity index (χ1v) is 7.39. The Morgan fingerprint density at radius 1 is 1.24 bits per heavy atom. The van der Waals surface area contributed by atoms with Gasteiger partial charge in [0.25, 0.3) is 0 Å². The lowest BCUT2D eigenvalue weighted by Gasteiger charge is -1.99. The lowest BCUT2D eigenvalue weighted by atomic mass is 10.2. The summed E-state index contributed by atoms with van der Waals surface area (Å²) in [5.41, 5.74) is 0.413. The second-order valence-electron chi connectivity index (χ2n) is 5.49. The topological polar surface area (TPSA) is 116 Å². The van der Waals surface area contributed by atoms with E-state index in [1.54, 1.807) is 0 Å². The highest BCUT2D eigenvalue weighted by Gasteiger charge is 2.16. The number of nitrogens with zero attached hydrogens (tertiary/aromatic N) is 4. The lowest BCUT2D eigenvalue weighted by Crippen LogP contribution is -2.26. The van der Waals surface area contributed by atoms with Crippen molar-refractivity contribution >= 4 is 11.9 Å². The Labute approximate surface area is 140 Å². The number of rotatable bonds is 5. The summed E-state index contributed by atoms with van der Waals surface area (Å²) in [7, 11) is 0. The number of aromatic nitrogens is 4. The Balaban J connectivity index is 1.71. The van der Waals surface area contributed by atoms with Crippen LogP contribution in [0.1, 0.15) is 25.7 Å². The van der Waals surface area contributed by atoms with E-state index in [0.29, 0.717) is 11.5 Å². The maximum Gasteiger partial charge on any atom is 0.437 e. The van der Waals surface area contributed by atoms with Crippen molar-refractivity contribution in [2.75, 3.05) is 5.32 Å². The molecule has 0 atom stereocenters. The second-order valence-corrected chi connectivity index (χ2v) is 5.49. The van der Waals surface area contributed by atoms with Crippen LogP contribution < -0.4 is 11.1 Å². The van der Waals surface area contributed by atoms with Crippen LogP contribution in [0.4, 0.5) is 10.4 Å². The fourth-order valence-corrected chi connectivity index (χ4v) is 1.93. The van der Waals surface area contributed by atoms with Gasteiger partial charge in [-0.05, 0) is 24.3 Å². The molecule has 25 heavy (non-hydrogen) atoms. The van der Waals surface area contributed by atoms with Gasteiger partial charge in [0.2, 0.25) is 17.7 Å². The maximum absolute atomic E-state index is 12.9. The lowest BCUT2D eigenvalue weighted by molar-refractivity contribution is -0.117. The SMILES string of the molecule is CC(C)c1nnc(NC(=O)Cn2nc(-c3ccc(F)cc3)oc2=O)o1. The molecule has 1 N–H and O–H groups in total. The van der Waals surface area contributed by atoms with E-state index in [9.17, 15) is 14.0 Å². The number of benzene rings is 1. The van der Waals surface area contributed by atoms with E-state index in [1.165, 1.54) is 24.3 Å². The molecule has 9 nitrogen and oxygen atoms in total. The third kappa shape index (κ3) is 3.79. The molecule has 2 heterocycles. The molecule has 0 aliphatic carbocycles. The summed E-state index contributed by atoms with van der Waals surface area (Å²) >= 11 is 0. The summed E-state index contributed by atoms with van der Waals surface area (Å²) in [5.74, 6) is -1.44. The van der Waals surface area contributed by atoms with Crippen molar-refractivity contribution in [3.8, 4) is 11.5 Å². The predicted molar refractivity (Wildman–Crippen MR) is 83.2 cm³/mol. The van der Waals surface area contributed by atoms with Crippen molar-refractivity contribution in [3.63, 3.8) is 0 Å². The van der Waals surface area contributed by atoms with E-state index in [0.717, 1.165) is 4.68 Å². The minimum atomic E-state index is -0.817. The Morgan fingerprint density at radius 2 is 1.96 bits per heavy atom. The third-order valence-corrected chi connectivity index (χ3v) is 3.17. The minimum Gasteiger partial charge on any atom is -0.408 e. The average molecular weight is 347 g/mol. The van der Waals surface area contributed by atoms with Gasteiger partial charge in [-0.1, -0.05) is 18.9 Å². The van der Waals surface area contributed by atoms with E-state index in [1.807, 2.05) is 13.8 Å². The molecule has 0 fully saturated rings. The van der Waals surface area contributed by atoms with Crippen LogP contribution in [0.15, 0.2) is 37.9 Å². The molecule has 3 aromatic rings. The van der Waals surface area contributed by atoms with Crippen molar-refractivity contribution < 1.29 is 18.0 Å². The first-order chi connectivity index (χ1) is 11.9. The fourth-order valence-electron chi connectivity index (χ4n) is 1.93. The molecule has 1 amide bonds. The Bertz CT molecular complexity index is 941. The number of carbonyl (C=O) groups excluding carboxylic acids is 1. The van der Waals surface area contributed by atoms with E-state index >= 15 is 0 Å². The molecule has 0 bridgehead atoms. The van der Waals surface area contributed by atoms with Crippen LogP contribution >= 0.6 is 0 Å². The van der Waals surface area contributed by atoms with Gasteiger partial charge in [-0.2, -0.15) is 4.68 Å². The van der Waals surface area contributed by atoms with Gasteiger partial charge in [-0.15, -0.1) is 10.2 Å². The Morgan fingerprint density at radius 3 is 2.60 bits per heavy atom. The van der Waals surface area contributed by atoms with Gasteiger partial charge in [0.1, 0.15) is 12.4 Å². The van der Waals surface area contributed by atoms with Crippen molar-refractivity contribution in [3.05, 3.63) is 46.5 Å². The van der Waals surface area contributed by atoms with Gasteiger partial charge in [0.05, 0.1) is 0 Å². The van der Waals surface area contributed by atoms with Crippen LogP contribution in [0, 0.1) is 5.82 Å². The highest BCUT2D eigenvalue weighted by molar-refractivity contribution is 5.88. The molecular formula is C15H14FN5O4. The van der Waals surface area contributed by atoms with Crippen LogP contribution in [-0.2, 0) is 11.3 Å². The maximum atomic E-state index is 12.9. The summed E-state index contributed by atoms with van der Waals surface area (Å²) in [4.78, 5) is 23.8. The quantitative estimate of drug-likeness (QED) is 0.748. The van der Waals surface area contributed by atoms with Gasteiger partial charge in [0, 0.05) is 11.5 Å². The van der Waals surface area contributed by atoms with Crippen molar-refractivity contribution in [1.29, 1.82) is 0 Å². The largest absolute Gasteiger partial charge is 0.437 e. The highest BCUT2D eigenvalue weighted by atomic mass is 19.1. The Kier molecular flexibility index (Phi) is 4.42. The predicted octanol–water partition coefficient (Wildman–Crippen LogP) is 1.79. The average Bonchev–Trinajstić information content (AvgIpc) is 3.16. The van der Waals surface area contributed by atoms with Gasteiger partial charge in [-0.3, -0.25) is 10.1 Å². The molecule has 1 aromatic carbocycles. The molecule has 0 aliphatic rings. The van der Waals surface area contributed by atoms with Crippen LogP contribution in [0.3, 0.4) is 0 Å². The number of amides is 1. The van der Waals surface area contributed by atoms with E-state index in [-0.39, 0.29) is 17.8 Å². The smallest absolute Gasteiger partial charge is 0.408 e. The van der Waals surface area contributed by atoms with Gasteiger partial charge < -0.3 is 8.83 Å².